The van der Waals surface area contributed by atoms with E-state index in [4.69, 9.17) is 18.0 Å². The first-order chi connectivity index (χ1) is 7.95. The molecular weight excluding hydrogens is 234 g/mol. The molecule has 0 aliphatic carbocycles. The molecule has 4 heteroatoms. The number of terminal acetylenes is 1. The Bertz CT molecular complexity index is 435. The van der Waals surface area contributed by atoms with Crippen molar-refractivity contribution in [1.82, 2.24) is 9.97 Å². The van der Waals surface area contributed by atoms with E-state index in [-0.39, 0.29) is 12.0 Å². The van der Waals surface area contributed by atoms with E-state index in [0.717, 1.165) is 17.2 Å². The Labute approximate surface area is 108 Å². The van der Waals surface area contributed by atoms with E-state index in [1.807, 2.05) is 27.7 Å². The van der Waals surface area contributed by atoms with Gasteiger partial charge in [0.05, 0.1) is 0 Å². The van der Waals surface area contributed by atoms with Gasteiger partial charge in [-0.05, 0) is 13.8 Å². The number of aromatic nitrogens is 2. The Morgan fingerprint density at radius 1 is 1.35 bits per heavy atom. The number of anilines is 1. The van der Waals surface area contributed by atoms with Crippen molar-refractivity contribution >= 4 is 17.4 Å². The van der Waals surface area contributed by atoms with Crippen LogP contribution in [-0.4, -0.2) is 16.0 Å². The third kappa shape index (κ3) is 3.61. The van der Waals surface area contributed by atoms with E-state index in [1.54, 1.807) is 0 Å². The van der Waals surface area contributed by atoms with Crippen LogP contribution in [-0.2, 0) is 0 Å². The van der Waals surface area contributed by atoms with Crippen LogP contribution in [0.3, 0.4) is 0 Å². The second-order valence-corrected chi connectivity index (χ2v) is 4.81. The minimum Gasteiger partial charge on any atom is -0.366 e. The Morgan fingerprint density at radius 2 is 2.00 bits per heavy atom. The zero-order chi connectivity index (χ0) is 13.0. The van der Waals surface area contributed by atoms with Gasteiger partial charge in [-0.3, -0.25) is 0 Å². The molecule has 0 amide bonds. The van der Waals surface area contributed by atoms with Gasteiger partial charge in [0.2, 0.25) is 0 Å². The summed E-state index contributed by atoms with van der Waals surface area (Å²) in [5.74, 6) is 4.39. The van der Waals surface area contributed by atoms with Crippen molar-refractivity contribution in [1.29, 1.82) is 0 Å². The van der Waals surface area contributed by atoms with E-state index >= 15 is 0 Å². The highest BCUT2D eigenvalue weighted by Gasteiger charge is 2.13. The molecule has 0 aromatic carbocycles. The predicted molar refractivity (Wildman–Crippen MR) is 72.4 cm³/mol. The lowest BCUT2D eigenvalue weighted by molar-refractivity contribution is 0.759. The van der Waals surface area contributed by atoms with Gasteiger partial charge in [0.25, 0.3) is 0 Å². The lowest BCUT2D eigenvalue weighted by atomic mass is 10.2. The van der Waals surface area contributed by atoms with Crippen molar-refractivity contribution in [3.8, 4) is 12.3 Å². The van der Waals surface area contributed by atoms with Crippen LogP contribution < -0.4 is 5.32 Å². The van der Waals surface area contributed by atoms with Gasteiger partial charge in [0, 0.05) is 23.9 Å². The predicted octanol–water partition coefficient (Wildman–Crippen LogP) is 3.39. The van der Waals surface area contributed by atoms with E-state index < -0.39 is 0 Å². The fourth-order valence-electron chi connectivity index (χ4n) is 1.37. The molecular formula is C13H18ClN3. The molecule has 3 nitrogen and oxygen atoms in total. The molecule has 0 radical (unpaired) electrons. The quantitative estimate of drug-likeness (QED) is 0.659. The fourth-order valence-corrected chi connectivity index (χ4v) is 1.54. The first-order valence-electron chi connectivity index (χ1n) is 5.69. The zero-order valence-electron chi connectivity index (χ0n) is 10.7. The summed E-state index contributed by atoms with van der Waals surface area (Å²) < 4.78 is 0. The van der Waals surface area contributed by atoms with E-state index in [0.29, 0.717) is 11.6 Å². The topological polar surface area (TPSA) is 37.8 Å². The molecule has 0 bridgehead atoms. The normalized spacial score (nSPS) is 12.3. The van der Waals surface area contributed by atoms with Crippen LogP contribution in [0.5, 0.6) is 0 Å². The molecule has 1 aromatic rings. The summed E-state index contributed by atoms with van der Waals surface area (Å²) in [6.07, 6.45) is 5.93. The van der Waals surface area contributed by atoms with Crippen molar-refractivity contribution in [2.75, 3.05) is 5.32 Å². The molecule has 0 spiro atoms. The summed E-state index contributed by atoms with van der Waals surface area (Å²) >= 11 is 6.09. The van der Waals surface area contributed by atoms with E-state index in [2.05, 4.69) is 21.2 Å². The molecule has 1 heterocycles. The number of rotatable bonds is 4. The summed E-state index contributed by atoms with van der Waals surface area (Å²) in [6, 6.07) is 0.171. The van der Waals surface area contributed by atoms with Crippen molar-refractivity contribution in [2.24, 2.45) is 0 Å². The van der Waals surface area contributed by atoms with Crippen molar-refractivity contribution in [3.05, 3.63) is 16.5 Å². The number of hydrogen-bond donors (Lipinski definition) is 1. The Hall–Kier alpha value is -1.27. The average molecular weight is 252 g/mol. The highest BCUT2D eigenvalue weighted by Crippen LogP contribution is 2.23. The zero-order valence-corrected chi connectivity index (χ0v) is 11.5. The molecule has 0 aliphatic rings. The van der Waals surface area contributed by atoms with Crippen LogP contribution in [0, 0.1) is 19.3 Å². The molecule has 0 fully saturated rings. The number of nitrogens with zero attached hydrogens (tertiary/aromatic N) is 2. The summed E-state index contributed by atoms with van der Waals surface area (Å²) in [5, 5.41) is 3.77. The largest absolute Gasteiger partial charge is 0.366 e. The Balaban J connectivity index is 3.02. The van der Waals surface area contributed by atoms with Gasteiger partial charge in [-0.2, -0.15) is 0 Å². The smallest absolute Gasteiger partial charge is 0.137 e. The molecule has 1 aromatic heterocycles. The van der Waals surface area contributed by atoms with Crippen LogP contribution in [0.4, 0.5) is 5.82 Å². The Kier molecular flexibility index (Phi) is 4.77. The molecule has 1 N–H and O–H groups in total. The van der Waals surface area contributed by atoms with Gasteiger partial charge in [-0.1, -0.05) is 25.4 Å². The summed E-state index contributed by atoms with van der Waals surface area (Å²) in [5.41, 5.74) is 0.861. The van der Waals surface area contributed by atoms with E-state index in [1.165, 1.54) is 0 Å². The van der Waals surface area contributed by atoms with Gasteiger partial charge in [0.15, 0.2) is 0 Å². The lowest BCUT2D eigenvalue weighted by Crippen LogP contribution is -2.17. The maximum Gasteiger partial charge on any atom is 0.137 e. The summed E-state index contributed by atoms with van der Waals surface area (Å²) in [4.78, 5) is 8.74. The van der Waals surface area contributed by atoms with Crippen LogP contribution >= 0.6 is 11.6 Å². The number of hydrogen-bond acceptors (Lipinski definition) is 3. The lowest BCUT2D eigenvalue weighted by Gasteiger charge is -2.16. The average Bonchev–Trinajstić information content (AvgIpc) is 2.24. The summed E-state index contributed by atoms with van der Waals surface area (Å²) in [6.45, 7) is 7.99. The van der Waals surface area contributed by atoms with E-state index in [9.17, 15) is 0 Å². The third-order valence-electron chi connectivity index (χ3n) is 2.43. The molecule has 0 saturated heterocycles. The van der Waals surface area contributed by atoms with Gasteiger partial charge in [-0.15, -0.1) is 12.3 Å². The molecule has 1 unspecified atom stereocenters. The van der Waals surface area contributed by atoms with Gasteiger partial charge in [0.1, 0.15) is 16.8 Å². The minimum absolute atomic E-state index is 0.171. The maximum atomic E-state index is 6.09. The van der Waals surface area contributed by atoms with Crippen LogP contribution in [0.1, 0.15) is 44.5 Å². The van der Waals surface area contributed by atoms with Crippen molar-refractivity contribution in [3.63, 3.8) is 0 Å². The molecule has 0 aliphatic heterocycles. The van der Waals surface area contributed by atoms with Gasteiger partial charge >= 0.3 is 0 Å². The molecule has 17 heavy (non-hydrogen) atoms. The molecule has 1 atom stereocenters. The van der Waals surface area contributed by atoms with Crippen LogP contribution in [0.25, 0.3) is 0 Å². The SMILES string of the molecule is C#CCC(C)Nc1nc(C(C)C)nc(Cl)c1C. The van der Waals surface area contributed by atoms with Gasteiger partial charge < -0.3 is 5.32 Å². The highest BCUT2D eigenvalue weighted by molar-refractivity contribution is 6.30. The molecule has 1 rings (SSSR count). The van der Waals surface area contributed by atoms with Crippen LogP contribution in [0.15, 0.2) is 0 Å². The van der Waals surface area contributed by atoms with Crippen molar-refractivity contribution < 1.29 is 0 Å². The van der Waals surface area contributed by atoms with Crippen LogP contribution in [0.2, 0.25) is 5.15 Å². The first kappa shape index (κ1) is 13.8. The number of nitrogens with one attached hydrogen (secondary N) is 1. The van der Waals surface area contributed by atoms with Crippen molar-refractivity contribution in [2.45, 2.75) is 46.1 Å². The first-order valence-corrected chi connectivity index (χ1v) is 6.07. The fraction of sp³-hybridized carbons (Fsp3) is 0.538. The third-order valence-corrected chi connectivity index (χ3v) is 2.80. The summed E-state index contributed by atoms with van der Waals surface area (Å²) in [7, 11) is 0. The van der Waals surface area contributed by atoms with Gasteiger partial charge in [-0.25, -0.2) is 9.97 Å². The standard InChI is InChI=1S/C13H18ClN3/c1-6-7-9(4)15-13-10(5)11(14)16-12(17-13)8(2)3/h1,8-9H,7H2,2-5H3,(H,15,16,17). The second-order valence-electron chi connectivity index (χ2n) is 4.45. The number of halogens is 1. The molecule has 92 valence electrons. The minimum atomic E-state index is 0.171. The maximum absolute atomic E-state index is 6.09. The second kappa shape index (κ2) is 5.88. The monoisotopic (exact) mass is 251 g/mol. The molecule has 0 saturated carbocycles. The Morgan fingerprint density at radius 3 is 2.53 bits per heavy atom. The highest BCUT2D eigenvalue weighted by atomic mass is 35.5.